The van der Waals surface area contributed by atoms with E-state index in [2.05, 4.69) is 26.1 Å². The van der Waals surface area contributed by atoms with E-state index >= 15 is 0 Å². The Labute approximate surface area is 103 Å². The number of aliphatic hydroxyl groups is 1. The van der Waals surface area contributed by atoms with Crippen molar-refractivity contribution in [2.24, 2.45) is 0 Å². The van der Waals surface area contributed by atoms with Gasteiger partial charge in [-0.15, -0.1) is 0 Å². The van der Waals surface area contributed by atoms with Crippen LogP contribution in [-0.2, 0) is 0 Å². The molecule has 0 saturated carbocycles. The summed E-state index contributed by atoms with van der Waals surface area (Å²) >= 11 is 0. The van der Waals surface area contributed by atoms with Crippen LogP contribution in [0.15, 0.2) is 36.4 Å². The van der Waals surface area contributed by atoms with Gasteiger partial charge in [0, 0.05) is 11.6 Å². The highest BCUT2D eigenvalue weighted by atomic mass is 16.3. The number of hydrogen-bond donors (Lipinski definition) is 3. The van der Waals surface area contributed by atoms with Gasteiger partial charge in [-0.3, -0.25) is 0 Å². The molecule has 0 fully saturated rings. The summed E-state index contributed by atoms with van der Waals surface area (Å²) in [6, 6.07) is 9.94. The molecule has 17 heavy (non-hydrogen) atoms. The van der Waals surface area contributed by atoms with Crippen LogP contribution in [0.25, 0.3) is 5.70 Å². The van der Waals surface area contributed by atoms with Gasteiger partial charge >= 0.3 is 0 Å². The van der Waals surface area contributed by atoms with Gasteiger partial charge in [-0.05, 0) is 32.9 Å². The number of benzene rings is 1. The topological polar surface area (TPSA) is 60.7 Å². The molecular weight excluding hydrogens is 212 g/mol. The van der Waals surface area contributed by atoms with E-state index in [1.165, 1.54) is 0 Å². The molecule has 1 rings (SSSR count). The van der Waals surface area contributed by atoms with E-state index in [0.717, 1.165) is 11.3 Å². The zero-order valence-electron chi connectivity index (χ0n) is 10.7. The number of nitrogens with one attached hydrogen (secondary N) is 1. The van der Waals surface area contributed by atoms with E-state index in [9.17, 15) is 0 Å². The molecule has 0 aromatic heterocycles. The molecule has 1 aromatic carbocycles. The summed E-state index contributed by atoms with van der Waals surface area (Å²) in [6.45, 7) is 6.12. The first-order valence-electron chi connectivity index (χ1n) is 5.74. The number of quaternary nitrogens is 1. The smallest absolute Gasteiger partial charge is 0.139 e. The zero-order valence-corrected chi connectivity index (χ0v) is 10.7. The predicted molar refractivity (Wildman–Crippen MR) is 70.9 cm³/mol. The Bertz CT molecular complexity index is 402. The van der Waals surface area contributed by atoms with Gasteiger partial charge < -0.3 is 15.8 Å². The summed E-state index contributed by atoms with van der Waals surface area (Å²) in [5.41, 5.74) is 2.32. The minimum atomic E-state index is -0.228. The Hall–Kier alpha value is -1.45. The summed E-state index contributed by atoms with van der Waals surface area (Å²) in [5.74, 6) is 0. The van der Waals surface area contributed by atoms with Gasteiger partial charge in [-0.1, -0.05) is 18.2 Å². The molecule has 0 amide bonds. The van der Waals surface area contributed by atoms with Crippen LogP contribution in [0.2, 0.25) is 0 Å². The van der Waals surface area contributed by atoms with E-state index in [4.69, 9.17) is 10.5 Å². The Morgan fingerprint density at radius 1 is 1.29 bits per heavy atom. The van der Waals surface area contributed by atoms with Crippen molar-refractivity contribution in [2.45, 2.75) is 26.3 Å². The summed E-state index contributed by atoms with van der Waals surface area (Å²) in [6.07, 6.45) is 1.72. The maximum Gasteiger partial charge on any atom is 0.139 e. The quantitative estimate of drug-likeness (QED) is 0.676. The SMILES string of the molecule is CC(C)(C)[NH2+]/C(=C\C(=N)CO)c1ccccc1. The molecule has 0 unspecified atom stereocenters. The average molecular weight is 233 g/mol. The summed E-state index contributed by atoms with van der Waals surface area (Å²) in [4.78, 5) is 0. The highest BCUT2D eigenvalue weighted by Crippen LogP contribution is 2.08. The molecule has 3 heteroatoms. The molecule has 0 aliphatic heterocycles. The second kappa shape index (κ2) is 5.75. The highest BCUT2D eigenvalue weighted by molar-refractivity contribution is 5.98. The molecular formula is C14H21N2O+. The molecule has 92 valence electrons. The zero-order chi connectivity index (χ0) is 12.9. The molecule has 0 aliphatic carbocycles. The summed E-state index contributed by atoms with van der Waals surface area (Å²) in [7, 11) is 0. The van der Waals surface area contributed by atoms with Crippen molar-refractivity contribution in [3.05, 3.63) is 42.0 Å². The maximum absolute atomic E-state index is 8.95. The second-order valence-corrected chi connectivity index (χ2v) is 5.16. The van der Waals surface area contributed by atoms with Crippen LogP contribution in [0, 0.1) is 5.41 Å². The molecule has 4 N–H and O–H groups in total. The first-order chi connectivity index (χ1) is 7.92. The molecule has 0 spiro atoms. The third kappa shape index (κ3) is 4.93. The molecule has 0 radical (unpaired) electrons. The van der Waals surface area contributed by atoms with Crippen LogP contribution in [0.3, 0.4) is 0 Å². The molecule has 1 aromatic rings. The second-order valence-electron chi connectivity index (χ2n) is 5.16. The van der Waals surface area contributed by atoms with Crippen molar-refractivity contribution in [1.29, 1.82) is 5.41 Å². The van der Waals surface area contributed by atoms with Crippen molar-refractivity contribution < 1.29 is 10.4 Å². The molecule has 0 heterocycles. The van der Waals surface area contributed by atoms with Crippen LogP contribution >= 0.6 is 0 Å². The minimum absolute atomic E-state index is 0.0391. The van der Waals surface area contributed by atoms with Crippen LogP contribution < -0.4 is 5.32 Å². The summed E-state index contributed by atoms with van der Waals surface area (Å²) in [5, 5.41) is 18.6. The van der Waals surface area contributed by atoms with E-state index in [-0.39, 0.29) is 17.9 Å². The lowest BCUT2D eigenvalue weighted by Gasteiger charge is -2.19. The van der Waals surface area contributed by atoms with Crippen LogP contribution in [-0.4, -0.2) is 23.0 Å². The molecule has 0 atom stereocenters. The van der Waals surface area contributed by atoms with Crippen molar-refractivity contribution in [1.82, 2.24) is 0 Å². The van der Waals surface area contributed by atoms with E-state index in [0.29, 0.717) is 0 Å². The van der Waals surface area contributed by atoms with Crippen LogP contribution in [0.1, 0.15) is 26.3 Å². The van der Waals surface area contributed by atoms with Gasteiger partial charge in [0.05, 0.1) is 17.9 Å². The number of hydrogen-bond acceptors (Lipinski definition) is 2. The first kappa shape index (κ1) is 13.6. The van der Waals surface area contributed by atoms with Gasteiger partial charge in [0.1, 0.15) is 5.70 Å². The van der Waals surface area contributed by atoms with Gasteiger partial charge in [0.15, 0.2) is 0 Å². The third-order valence-electron chi connectivity index (χ3n) is 2.20. The standard InChI is InChI=1S/C14H20N2O/c1-14(2,3)16-13(9-12(15)10-17)11-7-5-4-6-8-11/h4-9,15-17H,10H2,1-3H3/p+1/b13-9-,15-12?. The lowest BCUT2D eigenvalue weighted by atomic mass is 10.0. The number of aliphatic hydroxyl groups excluding tert-OH is 1. The van der Waals surface area contributed by atoms with Crippen LogP contribution in [0.4, 0.5) is 0 Å². The van der Waals surface area contributed by atoms with Gasteiger partial charge in [0.2, 0.25) is 0 Å². The highest BCUT2D eigenvalue weighted by Gasteiger charge is 2.18. The molecule has 0 saturated heterocycles. The van der Waals surface area contributed by atoms with E-state index < -0.39 is 0 Å². The normalized spacial score (nSPS) is 12.6. The van der Waals surface area contributed by atoms with Gasteiger partial charge in [0.25, 0.3) is 0 Å². The average Bonchev–Trinajstić information content (AvgIpc) is 2.27. The Morgan fingerprint density at radius 3 is 2.35 bits per heavy atom. The lowest BCUT2D eigenvalue weighted by molar-refractivity contribution is -0.634. The molecule has 3 nitrogen and oxygen atoms in total. The summed E-state index contributed by atoms with van der Waals surface area (Å²) < 4.78 is 0. The fraction of sp³-hybridized carbons (Fsp3) is 0.357. The Morgan fingerprint density at radius 2 is 1.88 bits per heavy atom. The lowest BCUT2D eigenvalue weighted by Crippen LogP contribution is -2.91. The molecule has 0 aliphatic rings. The monoisotopic (exact) mass is 233 g/mol. The number of rotatable bonds is 4. The number of nitrogens with two attached hydrogens (primary N) is 1. The Balaban J connectivity index is 3.03. The van der Waals surface area contributed by atoms with E-state index in [1.54, 1.807) is 6.08 Å². The van der Waals surface area contributed by atoms with Crippen molar-refractivity contribution in [2.75, 3.05) is 6.61 Å². The predicted octanol–water partition coefficient (Wildman–Crippen LogP) is 1.40. The van der Waals surface area contributed by atoms with Crippen molar-refractivity contribution >= 4 is 11.4 Å². The maximum atomic E-state index is 8.95. The van der Waals surface area contributed by atoms with Gasteiger partial charge in [-0.2, -0.15) is 0 Å². The van der Waals surface area contributed by atoms with Gasteiger partial charge in [-0.25, -0.2) is 0 Å². The third-order valence-corrected chi connectivity index (χ3v) is 2.20. The minimum Gasteiger partial charge on any atom is -0.390 e. The molecule has 0 bridgehead atoms. The largest absolute Gasteiger partial charge is 0.390 e. The van der Waals surface area contributed by atoms with Crippen LogP contribution in [0.5, 0.6) is 0 Å². The fourth-order valence-electron chi connectivity index (χ4n) is 1.54. The fourth-order valence-corrected chi connectivity index (χ4v) is 1.54. The Kier molecular flexibility index (Phi) is 4.61. The first-order valence-corrected chi connectivity index (χ1v) is 5.74. The van der Waals surface area contributed by atoms with Crippen molar-refractivity contribution in [3.63, 3.8) is 0 Å². The van der Waals surface area contributed by atoms with E-state index in [1.807, 2.05) is 30.3 Å². The van der Waals surface area contributed by atoms with Crippen molar-refractivity contribution in [3.8, 4) is 0 Å².